The van der Waals surface area contributed by atoms with Crippen LogP contribution in [0.2, 0.25) is 0 Å². The van der Waals surface area contributed by atoms with E-state index >= 15 is 0 Å². The lowest BCUT2D eigenvalue weighted by molar-refractivity contribution is -0.133. The number of rotatable bonds is 7. The Morgan fingerprint density at radius 3 is 2.42 bits per heavy atom. The van der Waals surface area contributed by atoms with Gasteiger partial charge in [0.1, 0.15) is 17.8 Å². The molecule has 5 rings (SSSR count). The van der Waals surface area contributed by atoms with E-state index < -0.39 is 5.97 Å². The number of benzene rings is 3. The summed E-state index contributed by atoms with van der Waals surface area (Å²) in [5.74, 6) is 1.78. The number of nitrogens with zero attached hydrogens (tertiary/aromatic N) is 2. The van der Waals surface area contributed by atoms with E-state index in [4.69, 9.17) is 14.2 Å². The van der Waals surface area contributed by atoms with E-state index in [9.17, 15) is 4.79 Å². The molecule has 0 bridgehead atoms. The second kappa shape index (κ2) is 10.4. The molecule has 3 aromatic carbocycles. The maximum Gasteiger partial charge on any atom is 0.338 e. The van der Waals surface area contributed by atoms with Crippen LogP contribution in [-0.2, 0) is 16.0 Å². The van der Waals surface area contributed by atoms with Crippen molar-refractivity contribution in [2.24, 2.45) is 0 Å². The van der Waals surface area contributed by atoms with Crippen molar-refractivity contribution in [3.8, 4) is 23.3 Å². The van der Waals surface area contributed by atoms with Gasteiger partial charge >= 0.3 is 5.97 Å². The quantitative estimate of drug-likeness (QED) is 0.217. The molecule has 0 N–H and O–H groups in total. The molecule has 180 valence electrons. The lowest BCUT2D eigenvalue weighted by atomic mass is 9.93. The summed E-state index contributed by atoms with van der Waals surface area (Å²) in [4.78, 5) is 20.6. The Morgan fingerprint density at radius 2 is 1.64 bits per heavy atom. The summed E-state index contributed by atoms with van der Waals surface area (Å²) >= 11 is 0. The van der Waals surface area contributed by atoms with E-state index in [-0.39, 0.29) is 0 Å². The molecule has 0 aliphatic heterocycles. The number of fused-ring (bicyclic) bond motifs is 1. The van der Waals surface area contributed by atoms with Crippen LogP contribution in [-0.4, -0.2) is 23.0 Å². The molecule has 0 fully saturated rings. The monoisotopic (exact) mass is 478 g/mol. The van der Waals surface area contributed by atoms with Gasteiger partial charge in [0.05, 0.1) is 18.7 Å². The van der Waals surface area contributed by atoms with E-state index in [1.807, 2.05) is 24.3 Å². The maximum atomic E-state index is 12.2. The van der Waals surface area contributed by atoms with Crippen LogP contribution in [0.25, 0.3) is 5.57 Å². The molecule has 36 heavy (non-hydrogen) atoms. The summed E-state index contributed by atoms with van der Waals surface area (Å²) < 4.78 is 16.9. The van der Waals surface area contributed by atoms with Crippen LogP contribution in [0.1, 0.15) is 41.5 Å². The number of hydrogen-bond donors (Lipinski definition) is 0. The number of methoxy groups -OCH3 is 1. The SMILES string of the molecule is C/C=C(/C(=O)OC)c1ccccc1Oc1cc(Oc2ccc(C3CCc4ccccc43)cc2)ncn1. The number of aromatic nitrogens is 2. The molecule has 0 amide bonds. The fourth-order valence-corrected chi connectivity index (χ4v) is 4.61. The Bertz CT molecular complexity index is 1410. The van der Waals surface area contributed by atoms with Crippen LogP contribution in [0.5, 0.6) is 23.3 Å². The molecule has 1 atom stereocenters. The summed E-state index contributed by atoms with van der Waals surface area (Å²) in [6.45, 7) is 1.77. The van der Waals surface area contributed by atoms with Crippen LogP contribution in [0.15, 0.2) is 91.3 Å². The first-order valence-electron chi connectivity index (χ1n) is 11.9. The molecule has 1 aliphatic carbocycles. The minimum atomic E-state index is -0.440. The summed E-state index contributed by atoms with van der Waals surface area (Å²) in [7, 11) is 1.35. The third kappa shape index (κ3) is 4.84. The van der Waals surface area contributed by atoms with Crippen LogP contribution in [0, 0.1) is 0 Å². The molecule has 1 aromatic heterocycles. The van der Waals surface area contributed by atoms with E-state index in [0.29, 0.717) is 40.3 Å². The number of para-hydroxylation sites is 1. The van der Waals surface area contributed by atoms with Crippen molar-refractivity contribution in [3.05, 3.63) is 114 Å². The molecular weight excluding hydrogens is 452 g/mol. The molecule has 6 heteroatoms. The zero-order valence-corrected chi connectivity index (χ0v) is 20.2. The normalized spacial score (nSPS) is 14.7. The summed E-state index contributed by atoms with van der Waals surface area (Å²) in [6.07, 6.45) is 5.31. The van der Waals surface area contributed by atoms with Crippen molar-refractivity contribution < 1.29 is 19.0 Å². The molecule has 1 unspecified atom stereocenters. The molecule has 0 saturated heterocycles. The largest absolute Gasteiger partial charge is 0.465 e. The predicted molar refractivity (Wildman–Crippen MR) is 137 cm³/mol. The van der Waals surface area contributed by atoms with Gasteiger partial charge in [0.15, 0.2) is 0 Å². The highest BCUT2D eigenvalue weighted by atomic mass is 16.5. The van der Waals surface area contributed by atoms with Gasteiger partial charge in [0.2, 0.25) is 11.8 Å². The molecule has 1 heterocycles. The smallest absolute Gasteiger partial charge is 0.338 e. The van der Waals surface area contributed by atoms with Crippen LogP contribution in [0.3, 0.4) is 0 Å². The zero-order valence-electron chi connectivity index (χ0n) is 20.2. The fraction of sp³-hybridized carbons (Fsp3) is 0.167. The molecule has 6 nitrogen and oxygen atoms in total. The first kappa shape index (κ1) is 23.3. The van der Waals surface area contributed by atoms with E-state index in [2.05, 4.69) is 46.4 Å². The van der Waals surface area contributed by atoms with Gasteiger partial charge < -0.3 is 14.2 Å². The topological polar surface area (TPSA) is 70.5 Å². The minimum absolute atomic E-state index is 0.298. The highest BCUT2D eigenvalue weighted by Gasteiger charge is 2.23. The average molecular weight is 479 g/mol. The third-order valence-corrected chi connectivity index (χ3v) is 6.34. The summed E-state index contributed by atoms with van der Waals surface area (Å²) in [6, 6.07) is 25.6. The Morgan fingerprint density at radius 1 is 0.917 bits per heavy atom. The van der Waals surface area contributed by atoms with Crippen LogP contribution >= 0.6 is 0 Å². The first-order valence-corrected chi connectivity index (χ1v) is 11.9. The van der Waals surface area contributed by atoms with Crippen LogP contribution < -0.4 is 9.47 Å². The molecular formula is C30H26N2O4. The summed E-state index contributed by atoms with van der Waals surface area (Å²) in [5.41, 5.74) is 5.14. The van der Waals surface area contributed by atoms with E-state index in [0.717, 1.165) is 12.8 Å². The Balaban J connectivity index is 1.31. The van der Waals surface area contributed by atoms with Crippen molar-refractivity contribution >= 4 is 11.5 Å². The third-order valence-electron chi connectivity index (χ3n) is 6.34. The lowest BCUT2D eigenvalue weighted by Gasteiger charge is -2.14. The number of allylic oxidation sites excluding steroid dienone is 1. The Labute approximate surface area is 210 Å². The zero-order chi connectivity index (χ0) is 24.9. The van der Waals surface area contributed by atoms with Crippen molar-refractivity contribution in [1.82, 2.24) is 9.97 Å². The van der Waals surface area contributed by atoms with Gasteiger partial charge in [-0.1, -0.05) is 60.7 Å². The van der Waals surface area contributed by atoms with Crippen LogP contribution in [0.4, 0.5) is 0 Å². The van der Waals surface area contributed by atoms with Gasteiger partial charge in [-0.25, -0.2) is 14.8 Å². The second-order valence-corrected chi connectivity index (χ2v) is 8.45. The average Bonchev–Trinajstić information content (AvgIpc) is 3.35. The molecule has 4 aromatic rings. The number of esters is 1. The Hall–Kier alpha value is -4.45. The van der Waals surface area contributed by atoms with E-state index in [1.165, 1.54) is 30.1 Å². The number of hydrogen-bond acceptors (Lipinski definition) is 6. The number of carbonyl (C=O) groups excluding carboxylic acids is 1. The number of aryl methyl sites for hydroxylation is 1. The van der Waals surface area contributed by atoms with Gasteiger partial charge in [0, 0.05) is 11.5 Å². The van der Waals surface area contributed by atoms with Crippen molar-refractivity contribution in [1.29, 1.82) is 0 Å². The Kier molecular flexibility index (Phi) is 6.76. The minimum Gasteiger partial charge on any atom is -0.465 e. The van der Waals surface area contributed by atoms with Gasteiger partial charge in [-0.2, -0.15) is 0 Å². The summed E-state index contributed by atoms with van der Waals surface area (Å²) in [5, 5.41) is 0. The van der Waals surface area contributed by atoms with Gasteiger partial charge in [-0.15, -0.1) is 0 Å². The highest BCUT2D eigenvalue weighted by Crippen LogP contribution is 2.38. The number of ether oxygens (including phenoxy) is 3. The predicted octanol–water partition coefficient (Wildman–Crippen LogP) is 6.72. The molecule has 0 saturated carbocycles. The standard InChI is InChI=1S/C30H26N2O4/c1-3-23(30(33)34-2)26-10-6-7-11-27(26)36-29-18-28(31-19-32-29)35-22-15-12-21(13-16-22)25-17-14-20-8-4-5-9-24(20)25/h3-13,15-16,18-19,25H,14,17H2,1-2H3/b23-3+. The van der Waals surface area contributed by atoms with E-state index in [1.54, 1.807) is 31.2 Å². The lowest BCUT2D eigenvalue weighted by Crippen LogP contribution is -2.05. The van der Waals surface area contributed by atoms with Crippen molar-refractivity contribution in [3.63, 3.8) is 0 Å². The van der Waals surface area contributed by atoms with Crippen molar-refractivity contribution in [2.45, 2.75) is 25.7 Å². The van der Waals surface area contributed by atoms with Gasteiger partial charge in [0.25, 0.3) is 0 Å². The fourth-order valence-electron chi connectivity index (χ4n) is 4.61. The highest BCUT2D eigenvalue weighted by molar-refractivity contribution is 6.17. The number of carbonyl (C=O) groups is 1. The van der Waals surface area contributed by atoms with Crippen molar-refractivity contribution in [2.75, 3.05) is 7.11 Å². The molecule has 1 aliphatic rings. The van der Waals surface area contributed by atoms with Gasteiger partial charge in [-0.05, 0) is 54.7 Å². The van der Waals surface area contributed by atoms with Gasteiger partial charge in [-0.3, -0.25) is 0 Å². The second-order valence-electron chi connectivity index (χ2n) is 8.45. The molecule has 0 radical (unpaired) electrons. The maximum absolute atomic E-state index is 12.2. The molecule has 0 spiro atoms. The first-order chi connectivity index (χ1) is 17.7.